The fraction of sp³-hybridized carbons (Fsp3) is 0.429. The van der Waals surface area contributed by atoms with Crippen LogP contribution in [-0.4, -0.2) is 45.5 Å². The molecule has 25 heavy (non-hydrogen) atoms. The Bertz CT molecular complexity index is 699. The Morgan fingerprint density at radius 3 is 2.12 bits per heavy atom. The largest absolute Gasteiger partial charge is 0.460 e. The van der Waals surface area contributed by atoms with E-state index < -0.39 is 41.8 Å². The van der Waals surface area contributed by atoms with E-state index in [4.69, 9.17) is 0 Å². The number of aliphatic hydroxyl groups is 1. The lowest BCUT2D eigenvalue weighted by molar-refractivity contribution is -0.336. The standard InChI is InChI=1S/C14H11F7N2O2/c1-11(25)7-9(12(15,16)13(17,18)14(19,20)21)22-23(11)10(24)8-5-3-2-4-6-8/h2-6,25H,7H2,1H3. The molecule has 1 aliphatic heterocycles. The zero-order chi connectivity index (χ0) is 19.3. The number of carbonyl (C=O) groups is 1. The Labute approximate surface area is 136 Å². The minimum absolute atomic E-state index is 0.0675. The van der Waals surface area contributed by atoms with Crippen LogP contribution in [0.5, 0.6) is 0 Å². The van der Waals surface area contributed by atoms with Gasteiger partial charge in [-0.2, -0.15) is 40.8 Å². The summed E-state index contributed by atoms with van der Waals surface area (Å²) in [6.45, 7) is 0.798. The Hall–Kier alpha value is -2.17. The third-order valence-corrected chi connectivity index (χ3v) is 3.51. The van der Waals surface area contributed by atoms with Crippen LogP contribution in [0.15, 0.2) is 35.4 Å². The first-order valence-corrected chi connectivity index (χ1v) is 6.74. The van der Waals surface area contributed by atoms with Crippen LogP contribution in [0.4, 0.5) is 30.7 Å². The van der Waals surface area contributed by atoms with Crippen LogP contribution in [0.1, 0.15) is 23.7 Å². The molecule has 1 heterocycles. The summed E-state index contributed by atoms with van der Waals surface area (Å²) in [5, 5.41) is 13.0. The highest BCUT2D eigenvalue weighted by Crippen LogP contribution is 2.49. The average molecular weight is 372 g/mol. The van der Waals surface area contributed by atoms with Gasteiger partial charge >= 0.3 is 18.0 Å². The second-order valence-corrected chi connectivity index (χ2v) is 5.57. The number of hydrogen-bond acceptors (Lipinski definition) is 3. The van der Waals surface area contributed by atoms with Gasteiger partial charge in [-0.15, -0.1) is 0 Å². The number of hydrazone groups is 1. The Morgan fingerprint density at radius 2 is 1.64 bits per heavy atom. The molecule has 0 bridgehead atoms. The lowest BCUT2D eigenvalue weighted by Crippen LogP contribution is -2.56. The maximum absolute atomic E-state index is 13.7. The maximum Gasteiger partial charge on any atom is 0.460 e. The molecule has 0 spiro atoms. The molecule has 11 heteroatoms. The summed E-state index contributed by atoms with van der Waals surface area (Å²) in [5.74, 6) is -13.3. The topological polar surface area (TPSA) is 52.9 Å². The number of alkyl halides is 7. The Balaban J connectivity index is 2.43. The van der Waals surface area contributed by atoms with Crippen LogP contribution in [0.25, 0.3) is 0 Å². The third-order valence-electron chi connectivity index (χ3n) is 3.51. The van der Waals surface area contributed by atoms with Crippen LogP contribution < -0.4 is 0 Å². The molecular weight excluding hydrogens is 361 g/mol. The number of rotatable bonds is 3. The molecular formula is C14H11F7N2O2. The van der Waals surface area contributed by atoms with Gasteiger partial charge in [0.2, 0.25) is 0 Å². The van der Waals surface area contributed by atoms with Gasteiger partial charge in [-0.1, -0.05) is 18.2 Å². The van der Waals surface area contributed by atoms with Gasteiger partial charge in [-0.05, 0) is 19.1 Å². The van der Waals surface area contributed by atoms with E-state index in [0.717, 1.165) is 6.92 Å². The molecule has 1 aliphatic rings. The predicted octanol–water partition coefficient (Wildman–Crippen LogP) is 3.43. The molecule has 0 aromatic heterocycles. The summed E-state index contributed by atoms with van der Waals surface area (Å²) in [6.07, 6.45) is -7.91. The van der Waals surface area contributed by atoms with Crippen molar-refractivity contribution in [1.82, 2.24) is 5.01 Å². The molecule has 1 amide bonds. The number of halogens is 7. The van der Waals surface area contributed by atoms with Gasteiger partial charge in [0.15, 0.2) is 5.72 Å². The maximum atomic E-state index is 13.7. The number of hydrogen-bond donors (Lipinski definition) is 1. The molecule has 2 rings (SSSR count). The molecule has 1 unspecified atom stereocenters. The highest BCUT2D eigenvalue weighted by Gasteiger charge is 2.76. The van der Waals surface area contributed by atoms with Crippen molar-refractivity contribution in [3.05, 3.63) is 35.9 Å². The Kier molecular flexibility index (Phi) is 4.35. The molecule has 1 N–H and O–H groups in total. The number of amides is 1. The summed E-state index contributed by atoms with van der Waals surface area (Å²) in [6, 6.07) is 6.78. The van der Waals surface area contributed by atoms with Crippen LogP contribution in [0, 0.1) is 0 Å². The molecule has 0 fully saturated rings. The van der Waals surface area contributed by atoms with Gasteiger partial charge in [0.25, 0.3) is 5.91 Å². The molecule has 0 saturated heterocycles. The molecule has 1 aromatic rings. The van der Waals surface area contributed by atoms with Gasteiger partial charge in [0, 0.05) is 12.0 Å². The zero-order valence-electron chi connectivity index (χ0n) is 12.5. The predicted molar refractivity (Wildman–Crippen MR) is 71.2 cm³/mol. The van der Waals surface area contributed by atoms with E-state index in [9.17, 15) is 40.6 Å². The summed E-state index contributed by atoms with van der Waals surface area (Å²) in [5.41, 5.74) is -4.56. The molecule has 0 saturated carbocycles. The van der Waals surface area contributed by atoms with Gasteiger partial charge in [-0.25, -0.2) is 0 Å². The van der Waals surface area contributed by atoms with E-state index in [1.54, 1.807) is 0 Å². The van der Waals surface area contributed by atoms with Crippen LogP contribution >= 0.6 is 0 Å². The molecule has 138 valence electrons. The smallest absolute Gasteiger partial charge is 0.369 e. The van der Waals surface area contributed by atoms with Gasteiger partial charge in [0.1, 0.15) is 5.71 Å². The quantitative estimate of drug-likeness (QED) is 0.827. The lowest BCUT2D eigenvalue weighted by atomic mass is 9.99. The minimum Gasteiger partial charge on any atom is -0.369 e. The summed E-state index contributed by atoms with van der Waals surface area (Å²) in [7, 11) is 0. The monoisotopic (exact) mass is 372 g/mol. The fourth-order valence-corrected chi connectivity index (χ4v) is 2.16. The second-order valence-electron chi connectivity index (χ2n) is 5.57. The first-order chi connectivity index (χ1) is 11.2. The SMILES string of the molecule is CC1(O)CC(C(F)(F)C(F)(F)C(F)(F)F)=NN1C(=O)c1ccccc1. The fourth-order valence-electron chi connectivity index (χ4n) is 2.16. The number of benzene rings is 1. The Morgan fingerprint density at radius 1 is 1.12 bits per heavy atom. The first kappa shape index (κ1) is 19.2. The van der Waals surface area contributed by atoms with E-state index >= 15 is 0 Å². The van der Waals surface area contributed by atoms with Crippen molar-refractivity contribution in [3.63, 3.8) is 0 Å². The molecule has 1 atom stereocenters. The van der Waals surface area contributed by atoms with Crippen LogP contribution in [0.2, 0.25) is 0 Å². The number of carbonyl (C=O) groups excluding carboxylic acids is 1. The third kappa shape index (κ3) is 3.08. The van der Waals surface area contributed by atoms with Crippen molar-refractivity contribution < 1.29 is 40.6 Å². The second kappa shape index (κ2) is 5.68. The number of nitrogens with zero attached hydrogens (tertiary/aromatic N) is 2. The average Bonchev–Trinajstić information content (AvgIpc) is 2.82. The summed E-state index contributed by atoms with van der Waals surface area (Å²) in [4.78, 5) is 12.2. The molecule has 1 aromatic carbocycles. The molecule has 0 aliphatic carbocycles. The van der Waals surface area contributed by atoms with Crippen molar-refractivity contribution in [3.8, 4) is 0 Å². The van der Waals surface area contributed by atoms with Crippen molar-refractivity contribution >= 4 is 11.6 Å². The summed E-state index contributed by atoms with van der Waals surface area (Å²) >= 11 is 0. The van der Waals surface area contributed by atoms with Crippen molar-refractivity contribution in [2.45, 2.75) is 37.1 Å². The van der Waals surface area contributed by atoms with Gasteiger partial charge in [0.05, 0.1) is 0 Å². The van der Waals surface area contributed by atoms with E-state index in [1.807, 2.05) is 0 Å². The highest BCUT2D eigenvalue weighted by molar-refractivity contribution is 6.00. The van der Waals surface area contributed by atoms with Crippen molar-refractivity contribution in [2.24, 2.45) is 5.10 Å². The van der Waals surface area contributed by atoms with E-state index in [-0.39, 0.29) is 10.6 Å². The molecule has 0 radical (unpaired) electrons. The first-order valence-electron chi connectivity index (χ1n) is 6.74. The summed E-state index contributed by atoms with van der Waals surface area (Å²) < 4.78 is 90.5. The van der Waals surface area contributed by atoms with Crippen molar-refractivity contribution in [2.75, 3.05) is 0 Å². The zero-order valence-corrected chi connectivity index (χ0v) is 12.5. The van der Waals surface area contributed by atoms with E-state index in [0.29, 0.717) is 0 Å². The van der Waals surface area contributed by atoms with Crippen molar-refractivity contribution in [1.29, 1.82) is 0 Å². The van der Waals surface area contributed by atoms with E-state index in [1.165, 1.54) is 30.3 Å². The normalized spacial score (nSPS) is 22.1. The minimum atomic E-state index is -6.54. The molecule has 4 nitrogen and oxygen atoms in total. The van der Waals surface area contributed by atoms with Crippen LogP contribution in [0.3, 0.4) is 0 Å². The van der Waals surface area contributed by atoms with Gasteiger partial charge in [-0.3, -0.25) is 4.79 Å². The lowest BCUT2D eigenvalue weighted by Gasteiger charge is -2.28. The van der Waals surface area contributed by atoms with Crippen LogP contribution in [-0.2, 0) is 0 Å². The van der Waals surface area contributed by atoms with E-state index in [2.05, 4.69) is 5.10 Å². The van der Waals surface area contributed by atoms with Gasteiger partial charge < -0.3 is 5.11 Å². The highest BCUT2D eigenvalue weighted by atomic mass is 19.4.